The molecule has 0 heterocycles. The van der Waals surface area contributed by atoms with E-state index in [0.717, 1.165) is 10.3 Å². The van der Waals surface area contributed by atoms with Gasteiger partial charge in [-0.25, -0.2) is 0 Å². The smallest absolute Gasteiger partial charge is 0.0918 e. The van der Waals surface area contributed by atoms with E-state index in [1.54, 1.807) is 0 Å². The average molecular weight is 398 g/mol. The van der Waals surface area contributed by atoms with Gasteiger partial charge in [-0.1, -0.05) is 73.2 Å². The van der Waals surface area contributed by atoms with Gasteiger partial charge in [-0.15, -0.1) is 0 Å². The summed E-state index contributed by atoms with van der Waals surface area (Å²) in [6.45, 7) is 9.52. The molecule has 1 nitrogen and oxygen atoms in total. The molecule has 0 aromatic heterocycles. The molecule has 0 N–H and O–H groups in total. The van der Waals surface area contributed by atoms with Crippen molar-refractivity contribution in [2.45, 2.75) is 59.2 Å². The molecular formula is C19H27IO. The highest BCUT2D eigenvalue weighted by Crippen LogP contribution is 2.66. The first-order valence-corrected chi connectivity index (χ1v) is 9.69. The fourth-order valence-corrected chi connectivity index (χ4v) is 5.24. The zero-order valence-electron chi connectivity index (χ0n) is 13.7. The Morgan fingerprint density at radius 2 is 1.90 bits per heavy atom. The lowest BCUT2D eigenvalue weighted by molar-refractivity contribution is -0.0792. The van der Waals surface area contributed by atoms with Crippen molar-refractivity contribution in [3.05, 3.63) is 35.4 Å². The Morgan fingerprint density at radius 3 is 2.38 bits per heavy atom. The number of halogens is 1. The van der Waals surface area contributed by atoms with Gasteiger partial charge < -0.3 is 4.74 Å². The molecular weight excluding hydrogens is 371 g/mol. The summed E-state index contributed by atoms with van der Waals surface area (Å²) in [5.41, 5.74) is 3.44. The number of fused-ring (bicyclic) bond motifs is 2. The summed E-state index contributed by atoms with van der Waals surface area (Å²) in [4.78, 5) is 0. The van der Waals surface area contributed by atoms with E-state index in [-0.39, 0.29) is 6.10 Å². The SMILES string of the molecule is Cc1ccc(C(CI)OC2CC3CCC2(C)C3(C)C)cc1. The molecule has 4 unspecified atom stereocenters. The number of ether oxygens (including phenoxy) is 1. The first-order valence-electron chi connectivity index (χ1n) is 8.16. The molecule has 0 radical (unpaired) electrons. The van der Waals surface area contributed by atoms with Gasteiger partial charge >= 0.3 is 0 Å². The van der Waals surface area contributed by atoms with Crippen molar-refractivity contribution < 1.29 is 4.74 Å². The van der Waals surface area contributed by atoms with Crippen LogP contribution in [-0.4, -0.2) is 10.5 Å². The third-order valence-corrected chi connectivity index (χ3v) is 7.43. The topological polar surface area (TPSA) is 9.23 Å². The summed E-state index contributed by atoms with van der Waals surface area (Å²) in [7, 11) is 0. The lowest BCUT2D eigenvalue weighted by atomic mass is 9.70. The summed E-state index contributed by atoms with van der Waals surface area (Å²) in [5, 5.41) is 0. The fourth-order valence-electron chi connectivity index (χ4n) is 4.52. The molecule has 2 aliphatic carbocycles. The number of hydrogen-bond donors (Lipinski definition) is 0. The van der Waals surface area contributed by atoms with Crippen LogP contribution in [0, 0.1) is 23.7 Å². The molecule has 0 spiro atoms. The highest BCUT2D eigenvalue weighted by atomic mass is 127. The van der Waals surface area contributed by atoms with E-state index in [1.165, 1.54) is 30.4 Å². The van der Waals surface area contributed by atoms with E-state index < -0.39 is 0 Å². The molecule has 2 saturated carbocycles. The Hall–Kier alpha value is -0.0900. The molecule has 0 saturated heterocycles. The maximum Gasteiger partial charge on any atom is 0.0918 e. The Balaban J connectivity index is 1.78. The number of rotatable bonds is 4. The van der Waals surface area contributed by atoms with Gasteiger partial charge in [-0.05, 0) is 48.5 Å². The second-order valence-corrected chi connectivity index (χ2v) is 8.67. The number of aryl methyl sites for hydroxylation is 1. The quantitative estimate of drug-likeness (QED) is 0.467. The van der Waals surface area contributed by atoms with Crippen LogP contribution in [0.25, 0.3) is 0 Å². The van der Waals surface area contributed by atoms with Crippen molar-refractivity contribution in [2.24, 2.45) is 16.7 Å². The normalized spacial score (nSPS) is 35.1. The van der Waals surface area contributed by atoms with Gasteiger partial charge in [0.15, 0.2) is 0 Å². The van der Waals surface area contributed by atoms with Crippen LogP contribution in [-0.2, 0) is 4.74 Å². The Bertz CT molecular complexity index is 507. The predicted octanol–water partition coefficient (Wildman–Crippen LogP) is 5.70. The van der Waals surface area contributed by atoms with Crippen molar-refractivity contribution in [3.63, 3.8) is 0 Å². The van der Waals surface area contributed by atoms with Crippen LogP contribution >= 0.6 is 22.6 Å². The minimum absolute atomic E-state index is 0.239. The maximum atomic E-state index is 6.65. The molecule has 1 aromatic rings. The largest absolute Gasteiger partial charge is 0.369 e. The third-order valence-electron chi connectivity index (χ3n) is 6.63. The molecule has 4 atom stereocenters. The summed E-state index contributed by atoms with van der Waals surface area (Å²) in [6, 6.07) is 8.87. The molecule has 0 aliphatic heterocycles. The number of benzene rings is 1. The van der Waals surface area contributed by atoms with Crippen LogP contribution in [0.1, 0.15) is 57.3 Å². The summed E-state index contributed by atoms with van der Waals surface area (Å²) in [6.07, 6.45) is 4.64. The van der Waals surface area contributed by atoms with Crippen molar-refractivity contribution >= 4 is 22.6 Å². The Kier molecular flexibility index (Phi) is 4.15. The van der Waals surface area contributed by atoms with E-state index in [0.29, 0.717) is 16.9 Å². The molecule has 2 fully saturated rings. The van der Waals surface area contributed by atoms with Crippen LogP contribution < -0.4 is 0 Å². The van der Waals surface area contributed by atoms with E-state index in [2.05, 4.69) is 74.6 Å². The highest BCUT2D eigenvalue weighted by molar-refractivity contribution is 14.1. The highest BCUT2D eigenvalue weighted by Gasteiger charge is 2.62. The Morgan fingerprint density at radius 1 is 1.24 bits per heavy atom. The van der Waals surface area contributed by atoms with Crippen LogP contribution in [0.15, 0.2) is 24.3 Å². The van der Waals surface area contributed by atoms with Gasteiger partial charge in [0.05, 0.1) is 12.2 Å². The van der Waals surface area contributed by atoms with Crippen LogP contribution in [0.5, 0.6) is 0 Å². The van der Waals surface area contributed by atoms with Crippen molar-refractivity contribution in [3.8, 4) is 0 Å². The van der Waals surface area contributed by atoms with Gasteiger partial charge in [-0.2, -0.15) is 0 Å². The molecule has 21 heavy (non-hydrogen) atoms. The summed E-state index contributed by atoms with van der Waals surface area (Å²) < 4.78 is 7.68. The molecule has 116 valence electrons. The van der Waals surface area contributed by atoms with Gasteiger partial charge in [-0.3, -0.25) is 0 Å². The van der Waals surface area contributed by atoms with Gasteiger partial charge in [0.25, 0.3) is 0 Å². The van der Waals surface area contributed by atoms with Gasteiger partial charge in [0.2, 0.25) is 0 Å². The molecule has 3 rings (SSSR count). The van der Waals surface area contributed by atoms with Gasteiger partial charge in [0.1, 0.15) is 0 Å². The zero-order valence-corrected chi connectivity index (χ0v) is 15.8. The van der Waals surface area contributed by atoms with Crippen molar-refractivity contribution in [2.75, 3.05) is 4.43 Å². The van der Waals surface area contributed by atoms with Gasteiger partial charge in [0, 0.05) is 4.43 Å². The predicted molar refractivity (Wildman–Crippen MR) is 96.9 cm³/mol. The van der Waals surface area contributed by atoms with E-state index >= 15 is 0 Å². The first kappa shape index (κ1) is 15.8. The minimum atomic E-state index is 0.239. The summed E-state index contributed by atoms with van der Waals surface area (Å²) >= 11 is 2.47. The Labute approximate surface area is 143 Å². The lowest BCUT2D eigenvalue weighted by Gasteiger charge is -2.40. The monoisotopic (exact) mass is 398 g/mol. The van der Waals surface area contributed by atoms with E-state index in [1.807, 2.05) is 0 Å². The standard InChI is InChI=1S/C19H27IO/c1-13-5-7-14(8-6-13)16(12-20)21-17-11-15-9-10-19(17,4)18(15,2)3/h5-8,15-17H,9-12H2,1-4H3. The number of alkyl halides is 1. The second kappa shape index (κ2) is 5.52. The van der Waals surface area contributed by atoms with E-state index in [9.17, 15) is 0 Å². The number of hydrogen-bond acceptors (Lipinski definition) is 1. The average Bonchev–Trinajstić information content (AvgIpc) is 2.79. The van der Waals surface area contributed by atoms with Crippen LogP contribution in [0.3, 0.4) is 0 Å². The van der Waals surface area contributed by atoms with Crippen LogP contribution in [0.2, 0.25) is 0 Å². The maximum absolute atomic E-state index is 6.65. The third kappa shape index (κ3) is 2.46. The molecule has 1 aromatic carbocycles. The summed E-state index contributed by atoms with van der Waals surface area (Å²) in [5.74, 6) is 0.848. The second-order valence-electron chi connectivity index (χ2n) is 7.79. The van der Waals surface area contributed by atoms with E-state index in [4.69, 9.17) is 4.74 Å². The van der Waals surface area contributed by atoms with Crippen LogP contribution in [0.4, 0.5) is 0 Å². The molecule has 2 bridgehead atoms. The lowest BCUT2D eigenvalue weighted by Crippen LogP contribution is -2.38. The zero-order chi connectivity index (χ0) is 15.3. The fraction of sp³-hybridized carbons (Fsp3) is 0.684. The molecule has 0 amide bonds. The molecule has 2 heteroatoms. The molecule has 2 aliphatic rings. The minimum Gasteiger partial charge on any atom is -0.369 e. The van der Waals surface area contributed by atoms with Crippen molar-refractivity contribution in [1.29, 1.82) is 0 Å². The first-order chi connectivity index (χ1) is 9.88. The van der Waals surface area contributed by atoms with Crippen molar-refractivity contribution in [1.82, 2.24) is 0 Å².